The van der Waals surface area contributed by atoms with Crippen molar-refractivity contribution in [1.82, 2.24) is 10.3 Å². The minimum atomic E-state index is -3.85. The van der Waals surface area contributed by atoms with Crippen molar-refractivity contribution in [2.45, 2.75) is 30.3 Å². The van der Waals surface area contributed by atoms with Crippen molar-refractivity contribution < 1.29 is 22.7 Å². The topological polar surface area (TPSA) is 93.7 Å². The fraction of sp³-hybridized carbons (Fsp3) is 0.278. The van der Waals surface area contributed by atoms with Gasteiger partial charge in [-0.3, -0.25) is 10.2 Å². The van der Waals surface area contributed by atoms with Crippen molar-refractivity contribution in [3.8, 4) is 11.5 Å². The summed E-state index contributed by atoms with van der Waals surface area (Å²) in [5.74, 6) is 0.375. The van der Waals surface area contributed by atoms with Crippen LogP contribution in [0.25, 0.3) is 0 Å². The average molecular weight is 374 g/mol. The van der Waals surface area contributed by atoms with Gasteiger partial charge < -0.3 is 9.47 Å². The highest BCUT2D eigenvalue weighted by Crippen LogP contribution is 2.30. The quantitative estimate of drug-likeness (QED) is 0.788. The highest BCUT2D eigenvalue weighted by Gasteiger charge is 2.28. The van der Waals surface area contributed by atoms with Gasteiger partial charge in [0.25, 0.3) is 15.9 Å². The Balaban J connectivity index is 1.41. The van der Waals surface area contributed by atoms with Gasteiger partial charge in [0, 0.05) is 0 Å². The number of amides is 1. The molecule has 1 aliphatic carbocycles. The van der Waals surface area contributed by atoms with Crippen molar-refractivity contribution in [2.24, 2.45) is 0 Å². The number of fused-ring (bicyclic) bond motifs is 2. The van der Waals surface area contributed by atoms with Crippen LogP contribution in [-0.2, 0) is 27.7 Å². The summed E-state index contributed by atoms with van der Waals surface area (Å²) in [5.41, 5.74) is 4.43. The fourth-order valence-corrected chi connectivity index (χ4v) is 4.02. The van der Waals surface area contributed by atoms with Crippen molar-refractivity contribution in [2.75, 3.05) is 6.61 Å². The number of aryl methyl sites for hydroxylation is 2. The zero-order chi connectivity index (χ0) is 18.1. The van der Waals surface area contributed by atoms with Gasteiger partial charge in [0.05, 0.1) is 4.90 Å². The molecule has 0 aromatic heterocycles. The smallest absolute Gasteiger partial charge is 0.279 e. The predicted octanol–water partition coefficient (Wildman–Crippen LogP) is 1.32. The van der Waals surface area contributed by atoms with Gasteiger partial charge in [-0.25, -0.2) is 8.42 Å². The number of carbonyl (C=O) groups is 1. The third kappa shape index (κ3) is 3.25. The van der Waals surface area contributed by atoms with Gasteiger partial charge in [0.15, 0.2) is 11.5 Å². The average Bonchev–Trinajstić information content (AvgIpc) is 3.13. The second-order valence-electron chi connectivity index (χ2n) is 6.24. The number of sulfonamides is 1. The van der Waals surface area contributed by atoms with Crippen LogP contribution < -0.4 is 19.7 Å². The molecule has 1 aliphatic heterocycles. The minimum Gasteiger partial charge on any atom is -0.485 e. The molecule has 0 radical (unpaired) electrons. The Kier molecular flexibility index (Phi) is 4.29. The van der Waals surface area contributed by atoms with Crippen LogP contribution in [0.2, 0.25) is 0 Å². The second-order valence-corrected chi connectivity index (χ2v) is 7.93. The second kappa shape index (κ2) is 6.62. The third-order valence-corrected chi connectivity index (χ3v) is 5.74. The number of rotatable bonds is 4. The lowest BCUT2D eigenvalue weighted by molar-refractivity contribution is -0.130. The first-order valence-electron chi connectivity index (χ1n) is 8.35. The Morgan fingerprint density at radius 1 is 1.04 bits per heavy atom. The Hall–Kier alpha value is -2.58. The molecule has 1 amide bonds. The van der Waals surface area contributed by atoms with E-state index in [-0.39, 0.29) is 11.5 Å². The molecular formula is C18H18N2O5S. The molecule has 2 aromatic rings. The predicted molar refractivity (Wildman–Crippen MR) is 93.3 cm³/mol. The van der Waals surface area contributed by atoms with Crippen molar-refractivity contribution in [1.29, 1.82) is 0 Å². The van der Waals surface area contributed by atoms with E-state index >= 15 is 0 Å². The van der Waals surface area contributed by atoms with Gasteiger partial charge in [0.1, 0.15) is 6.61 Å². The van der Waals surface area contributed by atoms with Crippen molar-refractivity contribution in [3.63, 3.8) is 0 Å². The van der Waals surface area contributed by atoms with Gasteiger partial charge in [-0.2, -0.15) is 0 Å². The summed E-state index contributed by atoms with van der Waals surface area (Å²) in [7, 11) is -3.85. The first kappa shape index (κ1) is 16.9. The van der Waals surface area contributed by atoms with Crippen LogP contribution >= 0.6 is 0 Å². The number of carbonyl (C=O) groups excluding carboxylic acids is 1. The molecule has 0 bridgehead atoms. The van der Waals surface area contributed by atoms with E-state index in [0.29, 0.717) is 11.5 Å². The Labute approximate surface area is 151 Å². The normalized spacial score (nSPS) is 18.2. The molecule has 4 rings (SSSR count). The molecule has 1 atom stereocenters. The first-order chi connectivity index (χ1) is 12.5. The molecule has 0 spiro atoms. The van der Waals surface area contributed by atoms with E-state index in [1.165, 1.54) is 5.56 Å². The van der Waals surface area contributed by atoms with Crippen molar-refractivity contribution in [3.05, 3.63) is 53.6 Å². The van der Waals surface area contributed by atoms with Crippen molar-refractivity contribution >= 4 is 15.9 Å². The molecule has 7 nitrogen and oxygen atoms in total. The Morgan fingerprint density at radius 3 is 2.65 bits per heavy atom. The van der Waals surface area contributed by atoms with Gasteiger partial charge >= 0.3 is 0 Å². The molecule has 136 valence electrons. The lowest BCUT2D eigenvalue weighted by Crippen LogP contribution is -2.50. The number of ether oxygens (including phenoxy) is 2. The summed E-state index contributed by atoms with van der Waals surface area (Å²) in [4.78, 5) is 14.5. The number of nitrogens with one attached hydrogen (secondary N) is 2. The van der Waals surface area contributed by atoms with E-state index < -0.39 is 22.0 Å². The van der Waals surface area contributed by atoms with Crippen LogP contribution in [-0.4, -0.2) is 27.0 Å². The molecule has 2 aliphatic rings. The number of hydrazine groups is 1. The summed E-state index contributed by atoms with van der Waals surface area (Å²) in [5, 5.41) is 0. The largest absolute Gasteiger partial charge is 0.485 e. The lowest BCUT2D eigenvalue weighted by atomic mass is 10.1. The lowest BCUT2D eigenvalue weighted by Gasteiger charge is -2.25. The Bertz CT molecular complexity index is 958. The van der Waals surface area contributed by atoms with E-state index in [9.17, 15) is 13.2 Å². The molecule has 1 heterocycles. The summed E-state index contributed by atoms with van der Waals surface area (Å²) < 4.78 is 35.9. The zero-order valence-corrected chi connectivity index (χ0v) is 14.7. The zero-order valence-electron chi connectivity index (χ0n) is 13.9. The maximum absolute atomic E-state index is 12.4. The molecule has 26 heavy (non-hydrogen) atoms. The summed E-state index contributed by atoms with van der Waals surface area (Å²) >= 11 is 0. The highest BCUT2D eigenvalue weighted by molar-refractivity contribution is 7.89. The maximum Gasteiger partial charge on any atom is 0.279 e. The third-order valence-electron chi connectivity index (χ3n) is 4.49. The standard InChI is InChI=1S/C18H18N2O5S/c21-18(17-11-24-15-6-1-2-7-16(15)25-17)19-20-26(22,23)14-9-8-12-4-3-5-13(12)10-14/h1-2,6-10,17,20H,3-5,11H2,(H,19,21)/t17-/m0/s1. The fourth-order valence-electron chi connectivity index (χ4n) is 3.12. The minimum absolute atomic E-state index is 0.00339. The van der Waals surface area contributed by atoms with E-state index in [0.717, 1.165) is 24.8 Å². The maximum atomic E-state index is 12.4. The molecule has 2 N–H and O–H groups in total. The SMILES string of the molecule is O=C(NNS(=O)(=O)c1ccc2c(c1)CCC2)[C@@H]1COc2ccccc2O1. The van der Waals surface area contributed by atoms with Gasteiger partial charge in [0.2, 0.25) is 6.10 Å². The monoisotopic (exact) mass is 374 g/mol. The summed E-state index contributed by atoms with van der Waals surface area (Å²) in [6, 6.07) is 12.0. The van der Waals surface area contributed by atoms with E-state index in [1.54, 1.807) is 36.4 Å². The van der Waals surface area contributed by atoms with Crippen LogP contribution in [0.15, 0.2) is 47.4 Å². The summed E-state index contributed by atoms with van der Waals surface area (Å²) in [6.45, 7) is 0.00339. The summed E-state index contributed by atoms with van der Waals surface area (Å²) in [6.07, 6.45) is 1.94. The molecule has 0 fully saturated rings. The molecule has 2 aromatic carbocycles. The van der Waals surface area contributed by atoms with E-state index in [1.807, 2.05) is 6.07 Å². The van der Waals surface area contributed by atoms with Gasteiger partial charge in [-0.05, 0) is 54.7 Å². The first-order valence-corrected chi connectivity index (χ1v) is 9.83. The molecule has 0 saturated heterocycles. The van der Waals surface area contributed by atoms with Crippen LogP contribution in [0.5, 0.6) is 11.5 Å². The van der Waals surface area contributed by atoms with Crippen LogP contribution in [0.4, 0.5) is 0 Å². The highest BCUT2D eigenvalue weighted by atomic mass is 32.2. The molecule has 8 heteroatoms. The van der Waals surface area contributed by atoms with Crippen LogP contribution in [0, 0.1) is 0 Å². The van der Waals surface area contributed by atoms with E-state index in [2.05, 4.69) is 10.3 Å². The molecule has 0 saturated carbocycles. The molecule has 0 unspecified atom stereocenters. The number of hydrogen-bond donors (Lipinski definition) is 2. The number of benzene rings is 2. The molecular weight excluding hydrogens is 356 g/mol. The van der Waals surface area contributed by atoms with Crippen LogP contribution in [0.3, 0.4) is 0 Å². The van der Waals surface area contributed by atoms with Crippen LogP contribution in [0.1, 0.15) is 17.5 Å². The van der Waals surface area contributed by atoms with E-state index in [4.69, 9.17) is 9.47 Å². The Morgan fingerprint density at radius 2 is 1.81 bits per heavy atom. The number of para-hydroxylation sites is 2. The van der Waals surface area contributed by atoms with Gasteiger partial charge in [-0.15, -0.1) is 4.83 Å². The van der Waals surface area contributed by atoms with Gasteiger partial charge in [-0.1, -0.05) is 18.2 Å². The number of hydrogen-bond acceptors (Lipinski definition) is 5.